The van der Waals surface area contributed by atoms with Gasteiger partial charge in [0.1, 0.15) is 0 Å². The molecule has 0 aliphatic carbocycles. The number of nitrogens with zero attached hydrogens (tertiary/aromatic N) is 1. The molecule has 1 aliphatic rings. The van der Waals surface area contributed by atoms with E-state index in [0.717, 1.165) is 5.56 Å². The molecular weight excluding hydrogens is 192 g/mol. The quantitative estimate of drug-likeness (QED) is 0.754. The Hall–Kier alpha value is -2.02. The summed E-state index contributed by atoms with van der Waals surface area (Å²) >= 11 is 0. The zero-order chi connectivity index (χ0) is 10.7. The fourth-order valence-corrected chi connectivity index (χ4v) is 1.66. The fourth-order valence-electron chi connectivity index (χ4n) is 1.66. The lowest BCUT2D eigenvalue weighted by atomic mass is 9.98. The summed E-state index contributed by atoms with van der Waals surface area (Å²) < 4.78 is 4.77. The van der Waals surface area contributed by atoms with Crippen molar-refractivity contribution in [1.82, 2.24) is 5.32 Å². The third kappa shape index (κ3) is 1.91. The molecule has 1 fully saturated rings. The van der Waals surface area contributed by atoms with Crippen molar-refractivity contribution < 1.29 is 9.53 Å². The van der Waals surface area contributed by atoms with Crippen molar-refractivity contribution in [2.45, 2.75) is 12.5 Å². The Morgan fingerprint density at radius 2 is 2.27 bits per heavy atom. The predicted octanol–water partition coefficient (Wildman–Crippen LogP) is 1.73. The number of carbonyl (C=O) groups excluding carboxylic acids is 1. The molecule has 0 spiro atoms. The van der Waals surface area contributed by atoms with Crippen LogP contribution in [0.25, 0.3) is 0 Å². The van der Waals surface area contributed by atoms with Crippen LogP contribution in [0, 0.1) is 11.3 Å². The number of cyclic esters (lactones) is 1. The number of amides is 1. The Morgan fingerprint density at radius 3 is 3.00 bits per heavy atom. The summed E-state index contributed by atoms with van der Waals surface area (Å²) in [6.45, 7) is 0.399. The van der Waals surface area contributed by atoms with E-state index >= 15 is 0 Å². The largest absolute Gasteiger partial charge is 0.449 e. The van der Waals surface area contributed by atoms with Gasteiger partial charge in [0.2, 0.25) is 0 Å². The van der Waals surface area contributed by atoms with Gasteiger partial charge in [0.25, 0.3) is 0 Å². The molecular formula is C11H10N2O2. The van der Waals surface area contributed by atoms with Gasteiger partial charge in [-0.05, 0) is 11.6 Å². The first-order chi connectivity index (χ1) is 7.31. The first-order valence-corrected chi connectivity index (χ1v) is 4.73. The molecule has 76 valence electrons. The molecule has 0 saturated carbocycles. The number of carbonyl (C=O) groups is 1. The standard InChI is InChI=1S/C11H10N2O2/c12-7-8-3-1-2-4-9(8)10-5-6-15-11(14)13-10/h1-4,10H,5-6H2,(H,13,14)/t10-/m1/s1. The Balaban J connectivity index is 2.29. The van der Waals surface area contributed by atoms with Crippen LogP contribution in [0.15, 0.2) is 24.3 Å². The summed E-state index contributed by atoms with van der Waals surface area (Å²) in [6.07, 6.45) is 0.281. The maximum absolute atomic E-state index is 11.0. The van der Waals surface area contributed by atoms with E-state index in [1.54, 1.807) is 6.07 Å². The highest BCUT2D eigenvalue weighted by Crippen LogP contribution is 2.22. The van der Waals surface area contributed by atoms with Gasteiger partial charge in [-0.3, -0.25) is 0 Å². The van der Waals surface area contributed by atoms with Crippen LogP contribution < -0.4 is 5.32 Å². The molecule has 1 N–H and O–H groups in total. The number of hydrogen-bond donors (Lipinski definition) is 1. The smallest absolute Gasteiger partial charge is 0.407 e. The summed E-state index contributed by atoms with van der Waals surface area (Å²) in [4.78, 5) is 11.0. The zero-order valence-corrected chi connectivity index (χ0v) is 8.06. The van der Waals surface area contributed by atoms with E-state index in [-0.39, 0.29) is 6.04 Å². The zero-order valence-electron chi connectivity index (χ0n) is 8.06. The van der Waals surface area contributed by atoms with Gasteiger partial charge in [0.05, 0.1) is 24.3 Å². The topological polar surface area (TPSA) is 62.1 Å². The molecule has 0 bridgehead atoms. The summed E-state index contributed by atoms with van der Waals surface area (Å²) in [7, 11) is 0. The molecule has 4 heteroatoms. The van der Waals surface area contributed by atoms with E-state index in [1.807, 2.05) is 18.2 Å². The Kier molecular flexibility index (Phi) is 2.55. The molecule has 1 aliphatic heterocycles. The van der Waals surface area contributed by atoms with Crippen LogP contribution >= 0.6 is 0 Å². The highest BCUT2D eigenvalue weighted by atomic mass is 16.5. The van der Waals surface area contributed by atoms with E-state index in [0.29, 0.717) is 18.6 Å². The normalized spacial score (nSPS) is 19.9. The number of ether oxygens (including phenoxy) is 1. The Bertz CT molecular complexity index is 423. The minimum absolute atomic E-state index is 0.109. The molecule has 1 aromatic rings. The summed E-state index contributed by atoms with van der Waals surface area (Å²) in [5.74, 6) is 0. The molecule has 0 unspecified atom stereocenters. The Labute approximate surface area is 87.5 Å². The van der Waals surface area contributed by atoms with Crippen LogP contribution in [0.5, 0.6) is 0 Å². The number of benzene rings is 1. The molecule has 0 aromatic heterocycles. The predicted molar refractivity (Wildman–Crippen MR) is 53.0 cm³/mol. The molecule has 15 heavy (non-hydrogen) atoms. The van der Waals surface area contributed by atoms with Gasteiger partial charge in [-0.25, -0.2) is 4.79 Å². The van der Waals surface area contributed by atoms with E-state index in [2.05, 4.69) is 11.4 Å². The number of nitrogens with one attached hydrogen (secondary N) is 1. The third-order valence-corrected chi connectivity index (χ3v) is 2.39. The lowest BCUT2D eigenvalue weighted by Gasteiger charge is -2.24. The SMILES string of the molecule is N#Cc1ccccc1[C@H]1CCOC(=O)N1. The second kappa shape index (κ2) is 4.01. The van der Waals surface area contributed by atoms with E-state index in [9.17, 15) is 4.79 Å². The number of hydrogen-bond acceptors (Lipinski definition) is 3. The van der Waals surface area contributed by atoms with E-state index in [4.69, 9.17) is 10.00 Å². The molecule has 1 heterocycles. The summed E-state index contributed by atoms with van der Waals surface area (Å²) in [5, 5.41) is 11.6. The van der Waals surface area contributed by atoms with Crippen LogP contribution in [0.1, 0.15) is 23.6 Å². The van der Waals surface area contributed by atoms with Crippen molar-refractivity contribution in [3.63, 3.8) is 0 Å². The average molecular weight is 202 g/mol. The highest BCUT2D eigenvalue weighted by molar-refractivity contribution is 5.69. The molecule has 4 nitrogen and oxygen atoms in total. The van der Waals surface area contributed by atoms with Crippen LogP contribution in [-0.2, 0) is 4.74 Å². The molecule has 0 radical (unpaired) electrons. The summed E-state index contributed by atoms with van der Waals surface area (Å²) in [5.41, 5.74) is 1.46. The van der Waals surface area contributed by atoms with E-state index in [1.165, 1.54) is 0 Å². The maximum atomic E-state index is 11.0. The molecule has 1 aromatic carbocycles. The van der Waals surface area contributed by atoms with Gasteiger partial charge in [-0.2, -0.15) is 5.26 Å². The maximum Gasteiger partial charge on any atom is 0.407 e. The van der Waals surface area contributed by atoms with Crippen LogP contribution in [0.4, 0.5) is 4.79 Å². The lowest BCUT2D eigenvalue weighted by Crippen LogP contribution is -2.35. The van der Waals surface area contributed by atoms with Gasteiger partial charge < -0.3 is 10.1 Å². The first-order valence-electron chi connectivity index (χ1n) is 4.73. The van der Waals surface area contributed by atoms with Crippen LogP contribution in [0.2, 0.25) is 0 Å². The third-order valence-electron chi connectivity index (χ3n) is 2.39. The number of alkyl carbamates (subject to hydrolysis) is 1. The van der Waals surface area contributed by atoms with Crippen molar-refractivity contribution in [3.05, 3.63) is 35.4 Å². The van der Waals surface area contributed by atoms with Gasteiger partial charge in [0, 0.05) is 6.42 Å². The summed E-state index contributed by atoms with van der Waals surface area (Å²) in [6, 6.07) is 9.28. The number of nitriles is 1. The average Bonchev–Trinajstić information content (AvgIpc) is 2.29. The van der Waals surface area contributed by atoms with Gasteiger partial charge in [0.15, 0.2) is 0 Å². The lowest BCUT2D eigenvalue weighted by molar-refractivity contribution is 0.115. The minimum Gasteiger partial charge on any atom is -0.449 e. The Morgan fingerprint density at radius 1 is 1.47 bits per heavy atom. The van der Waals surface area contributed by atoms with Crippen molar-refractivity contribution in [2.75, 3.05) is 6.61 Å². The molecule has 1 atom stereocenters. The molecule has 1 amide bonds. The van der Waals surface area contributed by atoms with Crippen LogP contribution in [-0.4, -0.2) is 12.7 Å². The van der Waals surface area contributed by atoms with Gasteiger partial charge in [-0.15, -0.1) is 0 Å². The second-order valence-electron chi connectivity index (χ2n) is 3.32. The fraction of sp³-hybridized carbons (Fsp3) is 0.273. The monoisotopic (exact) mass is 202 g/mol. The number of rotatable bonds is 1. The second-order valence-corrected chi connectivity index (χ2v) is 3.32. The van der Waals surface area contributed by atoms with Crippen molar-refractivity contribution >= 4 is 6.09 Å². The molecule has 1 saturated heterocycles. The highest BCUT2D eigenvalue weighted by Gasteiger charge is 2.22. The molecule has 2 rings (SSSR count). The van der Waals surface area contributed by atoms with Crippen molar-refractivity contribution in [1.29, 1.82) is 5.26 Å². The van der Waals surface area contributed by atoms with Crippen molar-refractivity contribution in [3.8, 4) is 6.07 Å². The van der Waals surface area contributed by atoms with Gasteiger partial charge >= 0.3 is 6.09 Å². The van der Waals surface area contributed by atoms with Gasteiger partial charge in [-0.1, -0.05) is 18.2 Å². The van der Waals surface area contributed by atoms with Crippen molar-refractivity contribution in [2.24, 2.45) is 0 Å². The van der Waals surface area contributed by atoms with E-state index < -0.39 is 6.09 Å². The first kappa shape index (κ1) is 9.53. The minimum atomic E-state index is -0.418. The van der Waals surface area contributed by atoms with Crippen LogP contribution in [0.3, 0.4) is 0 Å².